The summed E-state index contributed by atoms with van der Waals surface area (Å²) in [6, 6.07) is 1.93. The van der Waals surface area contributed by atoms with Gasteiger partial charge in [-0.3, -0.25) is 0 Å². The van der Waals surface area contributed by atoms with Gasteiger partial charge in [-0.05, 0) is 12.1 Å². The highest BCUT2D eigenvalue weighted by Gasteiger charge is 2.22. The number of halogens is 1. The first kappa shape index (κ1) is 11.5. The number of aromatic nitrogens is 3. The summed E-state index contributed by atoms with van der Waals surface area (Å²) in [6.07, 6.45) is 1.16. The fraction of sp³-hybridized carbons (Fsp3) is 0.125. The van der Waals surface area contributed by atoms with Crippen LogP contribution in [0.25, 0.3) is 0 Å². The smallest absolute Gasteiger partial charge is 0.329 e. The van der Waals surface area contributed by atoms with Crippen molar-refractivity contribution in [3.8, 4) is 0 Å². The largest absolute Gasteiger partial charge is 0.408 e. The molecule has 0 spiro atoms. The van der Waals surface area contributed by atoms with Gasteiger partial charge in [0, 0.05) is 13.1 Å². The number of pyridine rings is 1. The zero-order valence-electron chi connectivity index (χ0n) is 8.58. The zero-order chi connectivity index (χ0) is 12.5. The van der Waals surface area contributed by atoms with Crippen LogP contribution < -0.4 is 4.72 Å². The van der Waals surface area contributed by atoms with E-state index in [9.17, 15) is 12.8 Å². The average Bonchev–Trinajstić information content (AvgIpc) is 2.63. The van der Waals surface area contributed by atoms with Crippen LogP contribution >= 0.6 is 0 Å². The number of anilines is 1. The summed E-state index contributed by atoms with van der Waals surface area (Å²) in [6.45, 7) is 1.49. The Labute approximate surface area is 95.8 Å². The molecule has 0 saturated carbocycles. The minimum Gasteiger partial charge on any atom is -0.408 e. The Morgan fingerprint density at radius 3 is 2.76 bits per heavy atom. The van der Waals surface area contributed by atoms with Crippen LogP contribution in [0, 0.1) is 12.7 Å². The summed E-state index contributed by atoms with van der Waals surface area (Å²) in [5.74, 6) is -0.777. The molecule has 0 aliphatic carbocycles. The van der Waals surface area contributed by atoms with E-state index in [0.717, 1.165) is 12.3 Å². The molecule has 0 aliphatic rings. The number of sulfonamides is 1. The monoisotopic (exact) mass is 258 g/mol. The molecular weight excluding hydrogens is 251 g/mol. The molecule has 7 nitrogen and oxygen atoms in total. The second-order valence-electron chi connectivity index (χ2n) is 3.02. The Balaban J connectivity index is 2.35. The lowest BCUT2D eigenvalue weighted by atomic mass is 10.5. The van der Waals surface area contributed by atoms with Gasteiger partial charge in [-0.1, -0.05) is 5.10 Å². The normalized spacial score (nSPS) is 11.4. The first-order valence-corrected chi connectivity index (χ1v) is 5.91. The molecule has 0 bridgehead atoms. The van der Waals surface area contributed by atoms with E-state index in [1.807, 2.05) is 4.72 Å². The third kappa shape index (κ3) is 2.38. The highest BCUT2D eigenvalue weighted by molar-refractivity contribution is 7.92. The Bertz CT molecular complexity index is 640. The number of hydrogen-bond acceptors (Lipinski definition) is 6. The Morgan fingerprint density at radius 2 is 2.18 bits per heavy atom. The maximum Gasteiger partial charge on any atom is 0.329 e. The summed E-state index contributed by atoms with van der Waals surface area (Å²) in [4.78, 5) is 3.44. The number of nitrogens with one attached hydrogen (secondary N) is 1. The lowest BCUT2D eigenvalue weighted by molar-refractivity contribution is 0.531. The van der Waals surface area contributed by atoms with Crippen molar-refractivity contribution >= 4 is 16.0 Å². The summed E-state index contributed by atoms with van der Waals surface area (Å²) >= 11 is 0. The molecule has 1 N–H and O–H groups in total. The van der Waals surface area contributed by atoms with Gasteiger partial charge in [0.15, 0.2) is 5.82 Å². The van der Waals surface area contributed by atoms with Gasteiger partial charge >= 0.3 is 6.01 Å². The van der Waals surface area contributed by atoms with E-state index >= 15 is 0 Å². The van der Waals surface area contributed by atoms with Gasteiger partial charge < -0.3 is 4.42 Å². The van der Waals surface area contributed by atoms with Crippen LogP contribution in [0.1, 0.15) is 5.89 Å². The van der Waals surface area contributed by atoms with Crippen LogP contribution in [-0.4, -0.2) is 23.6 Å². The molecule has 0 aromatic carbocycles. The van der Waals surface area contributed by atoms with Crippen molar-refractivity contribution in [2.75, 3.05) is 4.72 Å². The minimum atomic E-state index is -4.16. The molecule has 0 amide bonds. The predicted octanol–water partition coefficient (Wildman–Crippen LogP) is 0.713. The van der Waals surface area contributed by atoms with Crippen molar-refractivity contribution in [2.24, 2.45) is 0 Å². The standard InChI is InChI=1S/C8H7FN4O3S/c1-5-11-12-8(16-5)13-17(14,15)7-6(9)3-2-4-10-7/h2-4H,1H3,(H,12,13). The maximum absolute atomic E-state index is 13.2. The number of nitrogens with zero attached hydrogens (tertiary/aromatic N) is 3. The fourth-order valence-electron chi connectivity index (χ4n) is 1.07. The van der Waals surface area contributed by atoms with Crippen molar-refractivity contribution in [1.82, 2.24) is 15.2 Å². The maximum atomic E-state index is 13.2. The van der Waals surface area contributed by atoms with Gasteiger partial charge in [0.1, 0.15) is 0 Å². The summed E-state index contributed by atoms with van der Waals surface area (Å²) in [5.41, 5.74) is 0. The van der Waals surface area contributed by atoms with Crippen LogP contribution in [0.5, 0.6) is 0 Å². The molecule has 9 heteroatoms. The fourth-order valence-corrected chi connectivity index (χ4v) is 2.00. The Kier molecular flexibility index (Phi) is 2.76. The van der Waals surface area contributed by atoms with Crippen LogP contribution in [0.15, 0.2) is 27.8 Å². The molecular formula is C8H7FN4O3S. The third-order valence-corrected chi connectivity index (χ3v) is 2.98. The van der Waals surface area contributed by atoms with Gasteiger partial charge in [-0.25, -0.2) is 14.1 Å². The molecule has 2 heterocycles. The number of aryl methyl sites for hydroxylation is 1. The van der Waals surface area contributed by atoms with E-state index in [-0.39, 0.29) is 11.9 Å². The molecule has 0 radical (unpaired) electrons. The lowest BCUT2D eigenvalue weighted by Crippen LogP contribution is -2.16. The molecule has 2 aromatic rings. The van der Waals surface area contributed by atoms with Crippen LogP contribution in [0.2, 0.25) is 0 Å². The van der Waals surface area contributed by atoms with Crippen molar-refractivity contribution < 1.29 is 17.2 Å². The van der Waals surface area contributed by atoms with Gasteiger partial charge in [-0.2, -0.15) is 8.42 Å². The van der Waals surface area contributed by atoms with E-state index in [1.54, 1.807) is 0 Å². The zero-order valence-corrected chi connectivity index (χ0v) is 9.40. The molecule has 2 aromatic heterocycles. The second-order valence-corrected chi connectivity index (χ2v) is 4.62. The Hall–Kier alpha value is -2.03. The second kappa shape index (κ2) is 4.09. The van der Waals surface area contributed by atoms with Crippen LogP contribution in [-0.2, 0) is 10.0 Å². The molecule has 0 atom stereocenters. The highest BCUT2D eigenvalue weighted by Crippen LogP contribution is 2.15. The summed E-state index contributed by atoms with van der Waals surface area (Å²) in [5, 5.41) is 6.13. The van der Waals surface area contributed by atoms with Gasteiger partial charge in [-0.15, -0.1) is 5.10 Å². The van der Waals surface area contributed by atoms with E-state index in [2.05, 4.69) is 15.2 Å². The highest BCUT2D eigenvalue weighted by atomic mass is 32.2. The third-order valence-electron chi connectivity index (χ3n) is 1.73. The van der Waals surface area contributed by atoms with E-state index in [1.165, 1.54) is 13.0 Å². The van der Waals surface area contributed by atoms with Crippen LogP contribution in [0.4, 0.5) is 10.4 Å². The molecule has 0 fully saturated rings. The molecule has 0 aliphatic heterocycles. The van der Waals surface area contributed by atoms with Crippen molar-refractivity contribution in [3.63, 3.8) is 0 Å². The molecule has 0 unspecified atom stereocenters. The summed E-state index contributed by atoms with van der Waals surface area (Å²) < 4.78 is 43.4. The van der Waals surface area contributed by atoms with Crippen molar-refractivity contribution in [3.05, 3.63) is 30.0 Å². The minimum absolute atomic E-state index is 0.184. The summed E-state index contributed by atoms with van der Waals surface area (Å²) in [7, 11) is -4.16. The SMILES string of the molecule is Cc1nnc(NS(=O)(=O)c2ncccc2F)o1. The molecule has 90 valence electrons. The van der Waals surface area contributed by atoms with Gasteiger partial charge in [0.25, 0.3) is 10.0 Å². The van der Waals surface area contributed by atoms with E-state index in [4.69, 9.17) is 4.42 Å². The van der Waals surface area contributed by atoms with Crippen molar-refractivity contribution in [2.45, 2.75) is 11.9 Å². The first-order chi connectivity index (χ1) is 7.99. The van der Waals surface area contributed by atoms with E-state index in [0.29, 0.717) is 0 Å². The van der Waals surface area contributed by atoms with Gasteiger partial charge in [0.2, 0.25) is 10.9 Å². The predicted molar refractivity (Wildman–Crippen MR) is 54.0 cm³/mol. The molecule has 2 rings (SSSR count). The average molecular weight is 258 g/mol. The molecule has 17 heavy (non-hydrogen) atoms. The first-order valence-electron chi connectivity index (χ1n) is 4.42. The van der Waals surface area contributed by atoms with E-state index < -0.39 is 20.9 Å². The van der Waals surface area contributed by atoms with Gasteiger partial charge in [0.05, 0.1) is 0 Å². The quantitative estimate of drug-likeness (QED) is 0.870. The molecule has 0 saturated heterocycles. The van der Waals surface area contributed by atoms with Crippen LogP contribution in [0.3, 0.4) is 0 Å². The number of rotatable bonds is 3. The van der Waals surface area contributed by atoms with Crippen molar-refractivity contribution in [1.29, 1.82) is 0 Å². The topological polar surface area (TPSA) is 98.0 Å². The lowest BCUT2D eigenvalue weighted by Gasteiger charge is -2.03. The number of hydrogen-bond donors (Lipinski definition) is 1. The Morgan fingerprint density at radius 1 is 1.41 bits per heavy atom.